The Morgan fingerprint density at radius 2 is 2.14 bits per heavy atom. The Kier molecular flexibility index (Phi) is 4.42. The van der Waals surface area contributed by atoms with Crippen LogP contribution in [0.3, 0.4) is 0 Å². The molecule has 0 fully saturated rings. The first-order chi connectivity index (χ1) is 6.66. The van der Waals surface area contributed by atoms with Gasteiger partial charge in [0.2, 0.25) is 0 Å². The third-order valence-corrected chi connectivity index (χ3v) is 2.66. The standard InChI is InChI=1S/C9H12Cl2N2O/c1-2-3-4-5-13-9(14)8(11)7(10)6-12-13/h6H,2-5H2,1H3. The number of rotatable bonds is 4. The fourth-order valence-corrected chi connectivity index (χ4v) is 1.39. The van der Waals surface area contributed by atoms with E-state index in [1.165, 1.54) is 10.9 Å². The second kappa shape index (κ2) is 5.37. The van der Waals surface area contributed by atoms with Gasteiger partial charge in [-0.2, -0.15) is 5.10 Å². The maximum absolute atomic E-state index is 11.5. The summed E-state index contributed by atoms with van der Waals surface area (Å²) in [4.78, 5) is 11.5. The molecule has 0 aromatic carbocycles. The normalized spacial score (nSPS) is 10.5. The van der Waals surface area contributed by atoms with Gasteiger partial charge >= 0.3 is 0 Å². The second-order valence-electron chi connectivity index (χ2n) is 3.04. The van der Waals surface area contributed by atoms with E-state index in [-0.39, 0.29) is 15.6 Å². The van der Waals surface area contributed by atoms with Crippen LogP contribution in [-0.2, 0) is 6.54 Å². The minimum atomic E-state index is -0.310. The molecule has 3 nitrogen and oxygen atoms in total. The maximum Gasteiger partial charge on any atom is 0.287 e. The number of hydrogen-bond acceptors (Lipinski definition) is 2. The molecule has 1 heterocycles. The Morgan fingerprint density at radius 1 is 1.43 bits per heavy atom. The molecule has 0 spiro atoms. The van der Waals surface area contributed by atoms with Gasteiger partial charge in [0.25, 0.3) is 5.56 Å². The SMILES string of the molecule is CCCCCn1ncc(Cl)c(Cl)c1=O. The lowest BCUT2D eigenvalue weighted by Gasteiger charge is -2.04. The molecular formula is C9H12Cl2N2O. The van der Waals surface area contributed by atoms with Gasteiger partial charge in [0, 0.05) is 6.54 Å². The van der Waals surface area contributed by atoms with Crippen LogP contribution in [0.1, 0.15) is 26.2 Å². The first kappa shape index (κ1) is 11.5. The Labute approximate surface area is 92.6 Å². The van der Waals surface area contributed by atoms with Crippen LogP contribution in [0.5, 0.6) is 0 Å². The van der Waals surface area contributed by atoms with Crippen molar-refractivity contribution in [1.82, 2.24) is 9.78 Å². The number of hydrogen-bond donors (Lipinski definition) is 0. The van der Waals surface area contributed by atoms with Gasteiger partial charge in [-0.05, 0) is 6.42 Å². The topological polar surface area (TPSA) is 34.9 Å². The zero-order chi connectivity index (χ0) is 10.6. The fraction of sp³-hybridized carbons (Fsp3) is 0.556. The molecule has 1 rings (SSSR count). The molecule has 14 heavy (non-hydrogen) atoms. The van der Waals surface area contributed by atoms with Crippen LogP contribution in [-0.4, -0.2) is 9.78 Å². The van der Waals surface area contributed by atoms with Crippen molar-refractivity contribution in [2.45, 2.75) is 32.7 Å². The van der Waals surface area contributed by atoms with Crippen LogP contribution in [0.2, 0.25) is 10.0 Å². The Bertz CT molecular complexity index is 362. The van der Waals surface area contributed by atoms with Crippen molar-refractivity contribution in [1.29, 1.82) is 0 Å². The van der Waals surface area contributed by atoms with Gasteiger partial charge in [-0.3, -0.25) is 4.79 Å². The summed E-state index contributed by atoms with van der Waals surface area (Å²) in [6.07, 6.45) is 4.52. The minimum absolute atomic E-state index is 0.0539. The van der Waals surface area contributed by atoms with E-state index in [0.29, 0.717) is 6.54 Å². The third-order valence-electron chi connectivity index (χ3n) is 1.92. The molecule has 0 saturated heterocycles. The highest BCUT2D eigenvalue weighted by molar-refractivity contribution is 6.41. The zero-order valence-electron chi connectivity index (χ0n) is 7.96. The first-order valence-corrected chi connectivity index (χ1v) is 5.33. The van der Waals surface area contributed by atoms with Crippen LogP contribution < -0.4 is 5.56 Å². The van der Waals surface area contributed by atoms with Crippen molar-refractivity contribution in [3.8, 4) is 0 Å². The molecule has 0 unspecified atom stereocenters. The number of nitrogens with zero attached hydrogens (tertiary/aromatic N) is 2. The molecule has 0 amide bonds. The number of aromatic nitrogens is 2. The molecule has 0 aliphatic carbocycles. The Hall–Kier alpha value is -0.540. The van der Waals surface area contributed by atoms with Crippen molar-refractivity contribution in [2.24, 2.45) is 0 Å². The average Bonchev–Trinajstić information content (AvgIpc) is 2.18. The lowest BCUT2D eigenvalue weighted by atomic mass is 10.2. The Balaban J connectivity index is 2.79. The van der Waals surface area contributed by atoms with E-state index in [4.69, 9.17) is 23.2 Å². The molecule has 0 saturated carbocycles. The summed E-state index contributed by atoms with van der Waals surface area (Å²) in [6.45, 7) is 2.70. The average molecular weight is 235 g/mol. The molecular weight excluding hydrogens is 223 g/mol. The third kappa shape index (κ3) is 2.72. The molecule has 0 bridgehead atoms. The molecule has 0 atom stereocenters. The van der Waals surface area contributed by atoms with E-state index in [1.54, 1.807) is 0 Å². The van der Waals surface area contributed by atoms with Crippen molar-refractivity contribution < 1.29 is 0 Å². The number of aryl methyl sites for hydroxylation is 1. The van der Waals surface area contributed by atoms with E-state index < -0.39 is 0 Å². The van der Waals surface area contributed by atoms with Crippen molar-refractivity contribution in [2.75, 3.05) is 0 Å². The Morgan fingerprint density at radius 3 is 2.79 bits per heavy atom. The van der Waals surface area contributed by atoms with Crippen LogP contribution in [0.4, 0.5) is 0 Å². The van der Waals surface area contributed by atoms with Crippen LogP contribution in [0.25, 0.3) is 0 Å². The molecule has 1 aromatic heterocycles. The largest absolute Gasteiger partial charge is 0.287 e. The van der Waals surface area contributed by atoms with Gasteiger partial charge in [0.1, 0.15) is 5.02 Å². The molecule has 0 radical (unpaired) electrons. The summed E-state index contributed by atoms with van der Waals surface area (Å²) in [5.41, 5.74) is -0.310. The molecule has 0 aliphatic rings. The number of halogens is 2. The van der Waals surface area contributed by atoms with E-state index in [9.17, 15) is 4.79 Å². The van der Waals surface area contributed by atoms with Gasteiger partial charge < -0.3 is 0 Å². The van der Waals surface area contributed by atoms with Gasteiger partial charge in [-0.25, -0.2) is 4.68 Å². The maximum atomic E-state index is 11.5. The second-order valence-corrected chi connectivity index (χ2v) is 3.83. The minimum Gasteiger partial charge on any atom is -0.266 e. The van der Waals surface area contributed by atoms with Gasteiger partial charge in [0.05, 0.1) is 11.2 Å². The summed E-state index contributed by atoms with van der Waals surface area (Å²) in [6, 6.07) is 0. The monoisotopic (exact) mass is 234 g/mol. The van der Waals surface area contributed by atoms with Crippen molar-refractivity contribution in [3.63, 3.8) is 0 Å². The number of unbranched alkanes of at least 4 members (excludes halogenated alkanes) is 2. The summed E-state index contributed by atoms with van der Waals surface area (Å²) in [7, 11) is 0. The van der Waals surface area contributed by atoms with Crippen LogP contribution >= 0.6 is 23.2 Å². The predicted octanol–water partition coefficient (Wildman–Crippen LogP) is 2.74. The molecule has 1 aromatic rings. The molecule has 5 heteroatoms. The van der Waals surface area contributed by atoms with E-state index in [0.717, 1.165) is 19.3 Å². The molecule has 0 aliphatic heterocycles. The lowest BCUT2D eigenvalue weighted by Crippen LogP contribution is -2.23. The molecule has 0 N–H and O–H groups in total. The first-order valence-electron chi connectivity index (χ1n) is 4.58. The highest BCUT2D eigenvalue weighted by Gasteiger charge is 2.06. The molecule has 78 valence electrons. The smallest absolute Gasteiger partial charge is 0.266 e. The highest BCUT2D eigenvalue weighted by Crippen LogP contribution is 2.14. The van der Waals surface area contributed by atoms with Crippen molar-refractivity contribution in [3.05, 3.63) is 26.6 Å². The van der Waals surface area contributed by atoms with Gasteiger partial charge in [-0.15, -0.1) is 0 Å². The fourth-order valence-electron chi connectivity index (χ4n) is 1.12. The summed E-state index contributed by atoms with van der Waals surface area (Å²) < 4.78 is 1.35. The predicted molar refractivity (Wildman–Crippen MR) is 58.0 cm³/mol. The highest BCUT2D eigenvalue weighted by atomic mass is 35.5. The van der Waals surface area contributed by atoms with E-state index in [2.05, 4.69) is 12.0 Å². The van der Waals surface area contributed by atoms with E-state index in [1.807, 2.05) is 0 Å². The van der Waals surface area contributed by atoms with E-state index >= 15 is 0 Å². The summed E-state index contributed by atoms with van der Waals surface area (Å²) in [5, 5.41) is 4.16. The van der Waals surface area contributed by atoms with Crippen molar-refractivity contribution >= 4 is 23.2 Å². The van der Waals surface area contributed by atoms with Crippen LogP contribution in [0.15, 0.2) is 11.0 Å². The van der Waals surface area contributed by atoms with Crippen LogP contribution in [0, 0.1) is 0 Å². The quantitative estimate of drug-likeness (QED) is 0.752. The zero-order valence-corrected chi connectivity index (χ0v) is 9.48. The lowest BCUT2D eigenvalue weighted by molar-refractivity contribution is 0.528. The summed E-state index contributed by atoms with van der Waals surface area (Å²) in [5.74, 6) is 0. The summed E-state index contributed by atoms with van der Waals surface area (Å²) >= 11 is 11.3. The van der Waals surface area contributed by atoms with Gasteiger partial charge in [-0.1, -0.05) is 43.0 Å². The van der Waals surface area contributed by atoms with Gasteiger partial charge in [0.15, 0.2) is 0 Å².